The van der Waals surface area contributed by atoms with Gasteiger partial charge in [-0.15, -0.1) is 11.3 Å². The molecule has 1 fully saturated rings. The third-order valence-electron chi connectivity index (χ3n) is 4.54. The fourth-order valence-electron chi connectivity index (χ4n) is 3.21. The number of anilines is 1. The number of hydrogen-bond acceptors (Lipinski definition) is 5. The van der Waals surface area contributed by atoms with Crippen LogP contribution in [-0.4, -0.2) is 48.5 Å². The maximum Gasteiger partial charge on any atom is 0.234 e. The lowest BCUT2D eigenvalue weighted by atomic mass is 10.0. The molecule has 0 unspecified atom stereocenters. The molecule has 6 heteroatoms. The van der Waals surface area contributed by atoms with E-state index in [0.717, 1.165) is 44.2 Å². The van der Waals surface area contributed by atoms with Crippen molar-refractivity contribution in [3.63, 3.8) is 0 Å². The number of nitrogens with one attached hydrogen (secondary N) is 1. The zero-order valence-corrected chi connectivity index (χ0v) is 15.5. The highest BCUT2D eigenvalue weighted by molar-refractivity contribution is 7.13. The van der Waals surface area contributed by atoms with Crippen LogP contribution in [-0.2, 0) is 4.79 Å². The molecule has 2 heterocycles. The second-order valence-corrected chi connectivity index (χ2v) is 7.27. The molecular formula is C19H26N4OS. The van der Waals surface area contributed by atoms with Crippen LogP contribution < -0.4 is 10.2 Å². The first-order chi connectivity index (χ1) is 12.3. The number of piperazine rings is 1. The van der Waals surface area contributed by atoms with Gasteiger partial charge in [0.25, 0.3) is 0 Å². The summed E-state index contributed by atoms with van der Waals surface area (Å²) >= 11 is 1.67. The number of rotatable bonds is 7. The van der Waals surface area contributed by atoms with Gasteiger partial charge in [-0.25, -0.2) is 4.98 Å². The van der Waals surface area contributed by atoms with Crippen molar-refractivity contribution in [1.29, 1.82) is 0 Å². The number of carbonyl (C=O) groups excluding carboxylic acids is 1. The number of thiazole rings is 1. The van der Waals surface area contributed by atoms with Gasteiger partial charge >= 0.3 is 0 Å². The summed E-state index contributed by atoms with van der Waals surface area (Å²) in [5.74, 6) is 0.116. The van der Waals surface area contributed by atoms with E-state index in [-0.39, 0.29) is 11.9 Å². The Hall–Kier alpha value is -1.92. The Balaban J connectivity index is 1.49. The summed E-state index contributed by atoms with van der Waals surface area (Å²) in [6.45, 7) is 6.28. The Labute approximate surface area is 153 Å². The number of hydrogen-bond donors (Lipinski definition) is 1. The standard InChI is InChI=1S/C19H26N4OS/c1-2-6-17(16-7-4-3-5-8-16)21-18(24)15-22-10-12-23(13-11-22)19-20-9-14-25-19/h3-5,7-9,14,17H,2,6,10-13,15H2,1H3,(H,21,24)/t17-/m1/s1. The lowest BCUT2D eigenvalue weighted by Gasteiger charge is -2.34. The van der Waals surface area contributed by atoms with Gasteiger partial charge in [-0.05, 0) is 12.0 Å². The Kier molecular flexibility index (Phi) is 6.42. The summed E-state index contributed by atoms with van der Waals surface area (Å²) < 4.78 is 0. The minimum atomic E-state index is 0.107. The first-order valence-corrected chi connectivity index (χ1v) is 9.85. The number of carbonyl (C=O) groups is 1. The van der Waals surface area contributed by atoms with Gasteiger partial charge in [0.15, 0.2) is 5.13 Å². The third kappa shape index (κ3) is 5.03. The van der Waals surface area contributed by atoms with Gasteiger partial charge in [0.05, 0.1) is 12.6 Å². The number of benzene rings is 1. The number of nitrogens with zero attached hydrogens (tertiary/aromatic N) is 3. The Morgan fingerprint density at radius 2 is 2.00 bits per heavy atom. The molecule has 1 amide bonds. The van der Waals surface area contributed by atoms with E-state index >= 15 is 0 Å². The van der Waals surface area contributed by atoms with Crippen molar-refractivity contribution >= 4 is 22.4 Å². The zero-order valence-electron chi connectivity index (χ0n) is 14.7. The third-order valence-corrected chi connectivity index (χ3v) is 5.38. The quantitative estimate of drug-likeness (QED) is 0.827. The monoisotopic (exact) mass is 358 g/mol. The molecule has 134 valence electrons. The van der Waals surface area contributed by atoms with E-state index in [2.05, 4.69) is 39.2 Å². The van der Waals surface area contributed by atoms with Crippen LogP contribution in [0.2, 0.25) is 0 Å². The van der Waals surface area contributed by atoms with Gasteiger partial charge in [-0.1, -0.05) is 43.7 Å². The molecule has 1 N–H and O–H groups in total. The van der Waals surface area contributed by atoms with Crippen LogP contribution in [0.25, 0.3) is 0 Å². The lowest BCUT2D eigenvalue weighted by molar-refractivity contribution is -0.123. The Morgan fingerprint density at radius 3 is 2.64 bits per heavy atom. The van der Waals surface area contributed by atoms with E-state index in [1.165, 1.54) is 5.56 Å². The number of amides is 1. The van der Waals surface area contributed by atoms with E-state index in [9.17, 15) is 4.79 Å². The molecule has 2 aromatic rings. The lowest BCUT2D eigenvalue weighted by Crippen LogP contribution is -2.49. The highest BCUT2D eigenvalue weighted by atomic mass is 32.1. The van der Waals surface area contributed by atoms with E-state index in [0.29, 0.717) is 6.54 Å². The fourth-order valence-corrected chi connectivity index (χ4v) is 3.91. The minimum absolute atomic E-state index is 0.107. The van der Waals surface area contributed by atoms with Crippen molar-refractivity contribution < 1.29 is 4.79 Å². The average molecular weight is 359 g/mol. The summed E-state index contributed by atoms with van der Waals surface area (Å²) in [5.41, 5.74) is 1.19. The molecule has 0 radical (unpaired) electrons. The van der Waals surface area contributed by atoms with E-state index in [1.807, 2.05) is 29.8 Å². The van der Waals surface area contributed by atoms with Crippen LogP contribution >= 0.6 is 11.3 Å². The van der Waals surface area contributed by atoms with Crippen LogP contribution in [0.15, 0.2) is 41.9 Å². The molecular weight excluding hydrogens is 332 g/mol. The second-order valence-electron chi connectivity index (χ2n) is 6.40. The average Bonchev–Trinajstić information content (AvgIpc) is 3.17. The predicted octanol–water partition coefficient (Wildman–Crippen LogP) is 2.92. The molecule has 1 aromatic carbocycles. The highest BCUT2D eigenvalue weighted by Crippen LogP contribution is 2.20. The van der Waals surface area contributed by atoms with Gasteiger partial charge in [0.1, 0.15) is 0 Å². The molecule has 1 saturated heterocycles. The summed E-state index contributed by atoms with van der Waals surface area (Å²) in [6, 6.07) is 10.4. The normalized spacial score (nSPS) is 16.6. The van der Waals surface area contributed by atoms with Gasteiger partial charge in [0.2, 0.25) is 5.91 Å². The van der Waals surface area contributed by atoms with Crippen LogP contribution in [0.5, 0.6) is 0 Å². The SMILES string of the molecule is CCC[C@@H](NC(=O)CN1CCN(c2nccs2)CC1)c1ccccc1. The Morgan fingerprint density at radius 1 is 1.24 bits per heavy atom. The smallest absolute Gasteiger partial charge is 0.234 e. The maximum atomic E-state index is 12.5. The zero-order chi connectivity index (χ0) is 17.5. The van der Waals surface area contributed by atoms with Crippen molar-refractivity contribution in [2.24, 2.45) is 0 Å². The molecule has 5 nitrogen and oxygen atoms in total. The molecule has 25 heavy (non-hydrogen) atoms. The topological polar surface area (TPSA) is 48.5 Å². The van der Waals surface area contributed by atoms with Crippen LogP contribution in [0.1, 0.15) is 31.4 Å². The van der Waals surface area contributed by atoms with Gasteiger partial charge in [-0.3, -0.25) is 9.69 Å². The van der Waals surface area contributed by atoms with E-state index < -0.39 is 0 Å². The summed E-state index contributed by atoms with van der Waals surface area (Å²) in [5, 5.41) is 6.30. The van der Waals surface area contributed by atoms with Crippen molar-refractivity contribution in [3.05, 3.63) is 47.5 Å². The molecule has 1 aromatic heterocycles. The molecule has 0 spiro atoms. The molecule has 0 aliphatic carbocycles. The largest absolute Gasteiger partial charge is 0.348 e. The van der Waals surface area contributed by atoms with Gasteiger partial charge in [0, 0.05) is 37.8 Å². The summed E-state index contributed by atoms with van der Waals surface area (Å²) in [4.78, 5) is 21.4. The van der Waals surface area contributed by atoms with Crippen LogP contribution in [0, 0.1) is 0 Å². The molecule has 1 aliphatic heterocycles. The van der Waals surface area contributed by atoms with Crippen LogP contribution in [0.3, 0.4) is 0 Å². The molecule has 1 aliphatic rings. The highest BCUT2D eigenvalue weighted by Gasteiger charge is 2.21. The molecule has 0 saturated carbocycles. The minimum Gasteiger partial charge on any atom is -0.348 e. The predicted molar refractivity (Wildman–Crippen MR) is 103 cm³/mol. The van der Waals surface area contributed by atoms with Crippen molar-refractivity contribution in [3.8, 4) is 0 Å². The van der Waals surface area contributed by atoms with Crippen molar-refractivity contribution in [1.82, 2.24) is 15.2 Å². The molecule has 1 atom stereocenters. The fraction of sp³-hybridized carbons (Fsp3) is 0.474. The number of aromatic nitrogens is 1. The van der Waals surface area contributed by atoms with Crippen molar-refractivity contribution in [2.75, 3.05) is 37.6 Å². The first-order valence-electron chi connectivity index (χ1n) is 8.97. The first kappa shape index (κ1) is 17.9. The second kappa shape index (κ2) is 8.97. The Bertz CT molecular complexity index is 639. The summed E-state index contributed by atoms with van der Waals surface area (Å²) in [7, 11) is 0. The van der Waals surface area contributed by atoms with Crippen LogP contribution in [0.4, 0.5) is 5.13 Å². The van der Waals surface area contributed by atoms with Crippen molar-refractivity contribution in [2.45, 2.75) is 25.8 Å². The summed E-state index contributed by atoms with van der Waals surface area (Å²) in [6.07, 6.45) is 3.86. The molecule has 0 bridgehead atoms. The van der Waals surface area contributed by atoms with Gasteiger partial charge in [-0.2, -0.15) is 0 Å². The maximum absolute atomic E-state index is 12.5. The molecule has 3 rings (SSSR count). The van der Waals surface area contributed by atoms with E-state index in [1.54, 1.807) is 11.3 Å². The van der Waals surface area contributed by atoms with Gasteiger partial charge < -0.3 is 10.2 Å². The van der Waals surface area contributed by atoms with E-state index in [4.69, 9.17) is 0 Å².